The minimum atomic E-state index is -0.129. The Morgan fingerprint density at radius 3 is 2.63 bits per heavy atom. The Labute approximate surface area is 115 Å². The Morgan fingerprint density at radius 2 is 2.11 bits per heavy atom. The number of nitrogens with two attached hydrogens (primary N) is 1. The fourth-order valence-electron chi connectivity index (χ4n) is 2.09. The maximum Gasteiger partial charge on any atom is 0.231 e. The highest BCUT2D eigenvalue weighted by Gasteiger charge is 2.22. The highest BCUT2D eigenvalue weighted by Crippen LogP contribution is 2.22. The van der Waals surface area contributed by atoms with Gasteiger partial charge in [-0.05, 0) is 24.5 Å². The number of methoxy groups -OCH3 is 1. The van der Waals surface area contributed by atoms with Crippen molar-refractivity contribution in [3.63, 3.8) is 0 Å². The van der Waals surface area contributed by atoms with Crippen LogP contribution in [0.5, 0.6) is 5.75 Å². The molecule has 0 saturated heterocycles. The van der Waals surface area contributed by atoms with Crippen LogP contribution in [0.2, 0.25) is 0 Å². The molecule has 2 N–H and O–H groups in total. The van der Waals surface area contributed by atoms with E-state index in [-0.39, 0.29) is 11.8 Å². The average Bonchev–Trinajstić information content (AvgIpc) is 2.43. The lowest BCUT2D eigenvalue weighted by Crippen LogP contribution is -2.37. The lowest BCUT2D eigenvalue weighted by atomic mass is 9.96. The molecule has 0 aliphatic heterocycles. The summed E-state index contributed by atoms with van der Waals surface area (Å²) in [5.41, 5.74) is 6.55. The molecular weight excluding hydrogens is 240 g/mol. The lowest BCUT2D eigenvalue weighted by Gasteiger charge is -2.24. The first-order valence-electron chi connectivity index (χ1n) is 6.61. The van der Waals surface area contributed by atoms with Crippen LogP contribution in [-0.2, 0) is 4.79 Å². The number of amides is 1. The van der Waals surface area contributed by atoms with Crippen molar-refractivity contribution in [2.45, 2.75) is 20.3 Å². The average molecular weight is 264 g/mol. The third-order valence-corrected chi connectivity index (χ3v) is 3.16. The molecule has 0 saturated carbocycles. The highest BCUT2D eigenvalue weighted by atomic mass is 16.5. The third-order valence-electron chi connectivity index (χ3n) is 3.16. The molecule has 0 radical (unpaired) electrons. The van der Waals surface area contributed by atoms with Gasteiger partial charge in [0.2, 0.25) is 5.91 Å². The van der Waals surface area contributed by atoms with Gasteiger partial charge in [0.05, 0.1) is 13.0 Å². The summed E-state index contributed by atoms with van der Waals surface area (Å²) < 4.78 is 5.17. The van der Waals surface area contributed by atoms with Crippen molar-refractivity contribution in [3.05, 3.63) is 24.3 Å². The predicted molar refractivity (Wildman–Crippen MR) is 78.4 cm³/mol. The number of anilines is 1. The minimum Gasteiger partial charge on any atom is -0.497 e. The van der Waals surface area contributed by atoms with Crippen molar-refractivity contribution < 1.29 is 9.53 Å². The molecule has 0 heterocycles. The van der Waals surface area contributed by atoms with Crippen molar-refractivity contribution in [1.29, 1.82) is 0 Å². The van der Waals surface area contributed by atoms with Gasteiger partial charge >= 0.3 is 0 Å². The third kappa shape index (κ3) is 4.24. The van der Waals surface area contributed by atoms with Crippen molar-refractivity contribution in [2.24, 2.45) is 17.6 Å². The first-order chi connectivity index (χ1) is 8.99. The minimum absolute atomic E-state index is 0.0597. The number of hydrogen-bond donors (Lipinski definition) is 1. The van der Waals surface area contributed by atoms with Crippen molar-refractivity contribution in [3.8, 4) is 5.75 Å². The van der Waals surface area contributed by atoms with Crippen LogP contribution < -0.4 is 15.4 Å². The van der Waals surface area contributed by atoms with Gasteiger partial charge in [0.25, 0.3) is 0 Å². The van der Waals surface area contributed by atoms with Crippen LogP contribution in [-0.4, -0.2) is 26.6 Å². The van der Waals surface area contributed by atoms with E-state index < -0.39 is 0 Å². The molecule has 4 nitrogen and oxygen atoms in total. The van der Waals surface area contributed by atoms with Crippen molar-refractivity contribution in [2.75, 3.05) is 25.6 Å². The van der Waals surface area contributed by atoms with E-state index in [1.807, 2.05) is 24.3 Å². The van der Waals surface area contributed by atoms with Crippen LogP contribution in [0.4, 0.5) is 5.69 Å². The molecule has 1 amide bonds. The summed E-state index contributed by atoms with van der Waals surface area (Å²) in [4.78, 5) is 14.1. The van der Waals surface area contributed by atoms with Crippen molar-refractivity contribution in [1.82, 2.24) is 0 Å². The number of nitrogens with zero attached hydrogens (tertiary/aromatic N) is 1. The molecule has 1 aromatic carbocycles. The molecule has 0 bridgehead atoms. The maximum atomic E-state index is 12.4. The van der Waals surface area contributed by atoms with Gasteiger partial charge in [0, 0.05) is 25.3 Å². The van der Waals surface area contributed by atoms with E-state index in [1.165, 1.54) is 0 Å². The first-order valence-corrected chi connectivity index (χ1v) is 6.61. The van der Waals surface area contributed by atoms with E-state index in [2.05, 4.69) is 13.8 Å². The molecule has 4 heteroatoms. The van der Waals surface area contributed by atoms with E-state index in [4.69, 9.17) is 10.5 Å². The molecule has 106 valence electrons. The molecule has 0 spiro atoms. The lowest BCUT2D eigenvalue weighted by molar-refractivity contribution is -0.122. The summed E-state index contributed by atoms with van der Waals surface area (Å²) >= 11 is 0. The van der Waals surface area contributed by atoms with Gasteiger partial charge < -0.3 is 15.4 Å². The van der Waals surface area contributed by atoms with Gasteiger partial charge in [0.15, 0.2) is 0 Å². The summed E-state index contributed by atoms with van der Waals surface area (Å²) in [5.74, 6) is 1.13. The number of ether oxygens (including phenoxy) is 1. The predicted octanol–water partition coefficient (Wildman–Crippen LogP) is 2.28. The largest absolute Gasteiger partial charge is 0.497 e. The van der Waals surface area contributed by atoms with Crippen LogP contribution in [0.1, 0.15) is 20.3 Å². The second kappa shape index (κ2) is 7.14. The monoisotopic (exact) mass is 264 g/mol. The van der Waals surface area contributed by atoms with Crippen LogP contribution in [0, 0.1) is 11.8 Å². The molecule has 19 heavy (non-hydrogen) atoms. The van der Waals surface area contributed by atoms with Gasteiger partial charge in [-0.2, -0.15) is 0 Å². The normalized spacial score (nSPS) is 12.3. The first kappa shape index (κ1) is 15.5. The highest BCUT2D eigenvalue weighted by molar-refractivity contribution is 5.94. The zero-order chi connectivity index (χ0) is 14.4. The quantitative estimate of drug-likeness (QED) is 0.857. The van der Waals surface area contributed by atoms with Gasteiger partial charge in [-0.15, -0.1) is 0 Å². The van der Waals surface area contributed by atoms with Crippen LogP contribution in [0.15, 0.2) is 24.3 Å². The number of carbonyl (C=O) groups is 1. The molecular formula is C15H24N2O2. The summed E-state index contributed by atoms with van der Waals surface area (Å²) in [6.07, 6.45) is 0.809. The van der Waals surface area contributed by atoms with Crippen LogP contribution in [0.25, 0.3) is 0 Å². The summed E-state index contributed by atoms with van der Waals surface area (Å²) in [7, 11) is 3.39. The van der Waals surface area contributed by atoms with E-state index in [9.17, 15) is 4.79 Å². The van der Waals surface area contributed by atoms with Crippen molar-refractivity contribution >= 4 is 11.6 Å². The zero-order valence-electron chi connectivity index (χ0n) is 12.2. The van der Waals surface area contributed by atoms with E-state index in [0.29, 0.717) is 12.5 Å². The van der Waals surface area contributed by atoms with E-state index >= 15 is 0 Å². The molecule has 1 unspecified atom stereocenters. The molecule has 1 aromatic rings. The summed E-state index contributed by atoms with van der Waals surface area (Å²) in [6, 6.07) is 7.47. The van der Waals surface area contributed by atoms with Gasteiger partial charge in [-0.1, -0.05) is 19.9 Å². The maximum absolute atomic E-state index is 12.4. The molecule has 0 aromatic heterocycles. The Balaban J connectivity index is 2.84. The Bertz CT molecular complexity index is 418. The van der Waals surface area contributed by atoms with Gasteiger partial charge in [-0.3, -0.25) is 4.79 Å². The molecule has 0 aliphatic rings. The Kier molecular flexibility index (Phi) is 5.83. The summed E-state index contributed by atoms with van der Waals surface area (Å²) in [5, 5.41) is 0. The number of benzene rings is 1. The van der Waals surface area contributed by atoms with Crippen LogP contribution >= 0.6 is 0 Å². The number of rotatable bonds is 6. The Hall–Kier alpha value is -1.55. The molecule has 1 rings (SSSR count). The molecule has 1 atom stereocenters. The van der Waals surface area contributed by atoms with E-state index in [1.54, 1.807) is 19.1 Å². The zero-order valence-corrected chi connectivity index (χ0v) is 12.2. The van der Waals surface area contributed by atoms with Gasteiger partial charge in [-0.25, -0.2) is 0 Å². The fourth-order valence-corrected chi connectivity index (χ4v) is 2.09. The smallest absolute Gasteiger partial charge is 0.231 e. The second-order valence-corrected chi connectivity index (χ2v) is 5.16. The molecule has 0 fully saturated rings. The van der Waals surface area contributed by atoms with Gasteiger partial charge in [0.1, 0.15) is 5.75 Å². The fraction of sp³-hybridized carbons (Fsp3) is 0.533. The number of carbonyl (C=O) groups excluding carboxylic acids is 1. The van der Waals surface area contributed by atoms with E-state index in [0.717, 1.165) is 17.9 Å². The Morgan fingerprint density at radius 1 is 1.42 bits per heavy atom. The SMILES string of the molecule is COc1cccc(N(C)C(=O)C(CN)CC(C)C)c1. The number of hydrogen-bond acceptors (Lipinski definition) is 3. The standard InChI is InChI=1S/C15H24N2O2/c1-11(2)8-12(10-16)15(18)17(3)13-6-5-7-14(9-13)19-4/h5-7,9,11-12H,8,10,16H2,1-4H3. The van der Waals surface area contributed by atoms with Crippen LogP contribution in [0.3, 0.4) is 0 Å². The molecule has 0 aliphatic carbocycles. The topological polar surface area (TPSA) is 55.6 Å². The summed E-state index contributed by atoms with van der Waals surface area (Å²) in [6.45, 7) is 4.58. The second-order valence-electron chi connectivity index (χ2n) is 5.16.